The average Bonchev–Trinajstić information content (AvgIpc) is 2.88. The maximum atomic E-state index is 2.62. The predicted molar refractivity (Wildman–Crippen MR) is 111 cm³/mol. The van der Waals surface area contributed by atoms with Crippen LogP contribution in [0.3, 0.4) is 0 Å². The average molecular weight is 347 g/mol. The second-order valence-electron chi connectivity index (χ2n) is 8.26. The summed E-state index contributed by atoms with van der Waals surface area (Å²) in [5.74, 6) is 0. The molecule has 136 valence electrons. The van der Waals surface area contributed by atoms with Gasteiger partial charge in [0.25, 0.3) is 0 Å². The summed E-state index contributed by atoms with van der Waals surface area (Å²) in [6, 6.07) is 14.3. The van der Waals surface area contributed by atoms with Gasteiger partial charge in [0.1, 0.15) is 0 Å². The molecule has 2 nitrogen and oxygen atoms in total. The molecule has 2 heteroatoms. The highest BCUT2D eigenvalue weighted by molar-refractivity contribution is 5.89. The zero-order valence-corrected chi connectivity index (χ0v) is 16.8. The lowest BCUT2D eigenvalue weighted by atomic mass is 9.97. The van der Waals surface area contributed by atoms with E-state index in [1.165, 1.54) is 33.2 Å². The van der Waals surface area contributed by atoms with Gasteiger partial charge in [0, 0.05) is 42.1 Å². The van der Waals surface area contributed by atoms with Crippen LogP contribution in [0.4, 0.5) is 0 Å². The fourth-order valence-electron chi connectivity index (χ4n) is 4.50. The third kappa shape index (κ3) is 2.97. The lowest BCUT2D eigenvalue weighted by Crippen LogP contribution is -2.35. The normalized spacial score (nSPS) is 17.7. The molecule has 0 saturated carbocycles. The molecule has 1 atom stereocenters. The summed E-state index contributed by atoms with van der Waals surface area (Å²) in [6.07, 6.45) is 2.24. The molecule has 3 aromatic rings. The fraction of sp³-hybridized carbons (Fsp3) is 0.417. The molecule has 0 fully saturated rings. The first-order valence-electron chi connectivity index (χ1n) is 9.81. The fourth-order valence-corrected chi connectivity index (χ4v) is 4.50. The molecule has 2 heterocycles. The van der Waals surface area contributed by atoms with E-state index in [2.05, 4.69) is 80.6 Å². The molecule has 1 aromatic heterocycles. The van der Waals surface area contributed by atoms with E-state index in [9.17, 15) is 0 Å². The molecule has 1 unspecified atom stereocenters. The van der Waals surface area contributed by atoms with Crippen molar-refractivity contribution in [1.29, 1.82) is 0 Å². The van der Waals surface area contributed by atoms with Gasteiger partial charge in [0.15, 0.2) is 0 Å². The molecule has 0 saturated heterocycles. The van der Waals surface area contributed by atoms with Crippen LogP contribution in [0.1, 0.15) is 40.4 Å². The van der Waals surface area contributed by atoms with Crippen LogP contribution < -0.4 is 0 Å². The molecule has 0 radical (unpaired) electrons. The van der Waals surface area contributed by atoms with Gasteiger partial charge in [0.05, 0.1) is 0 Å². The first kappa shape index (κ1) is 17.4. The molecule has 0 spiro atoms. The largest absolute Gasteiger partial charge is 0.344 e. The van der Waals surface area contributed by atoms with Crippen molar-refractivity contribution in [2.45, 2.75) is 59.7 Å². The first-order chi connectivity index (χ1) is 12.4. The Morgan fingerprint density at radius 3 is 2.46 bits per heavy atom. The van der Waals surface area contributed by atoms with Crippen molar-refractivity contribution in [3.05, 3.63) is 69.9 Å². The number of likely N-dealkylation sites (N-methyl/N-ethyl adjacent to an activating group) is 1. The number of rotatable bonds is 3. The van der Waals surface area contributed by atoms with E-state index < -0.39 is 0 Å². The van der Waals surface area contributed by atoms with Crippen LogP contribution in [0.25, 0.3) is 10.9 Å². The molecule has 1 aliphatic rings. The number of fused-ring (bicyclic) bond motifs is 3. The molecule has 0 bridgehead atoms. The Kier molecular flexibility index (Phi) is 4.40. The summed E-state index contributed by atoms with van der Waals surface area (Å²) in [4.78, 5) is 2.49. The van der Waals surface area contributed by atoms with Gasteiger partial charge in [-0.05, 0) is 69.5 Å². The summed E-state index contributed by atoms with van der Waals surface area (Å²) in [7, 11) is 2.26. The van der Waals surface area contributed by atoms with E-state index in [0.717, 1.165) is 25.9 Å². The smallest absolute Gasteiger partial charge is 0.0491 e. The van der Waals surface area contributed by atoms with E-state index >= 15 is 0 Å². The zero-order valence-electron chi connectivity index (χ0n) is 16.8. The van der Waals surface area contributed by atoms with Gasteiger partial charge in [-0.25, -0.2) is 0 Å². The number of hydrogen-bond acceptors (Lipinski definition) is 1. The van der Waals surface area contributed by atoms with Crippen LogP contribution in [-0.2, 0) is 25.9 Å². The van der Waals surface area contributed by atoms with E-state index in [4.69, 9.17) is 0 Å². The molecular formula is C24H30N2. The second-order valence-corrected chi connectivity index (χ2v) is 8.26. The van der Waals surface area contributed by atoms with E-state index in [0.29, 0.717) is 6.04 Å². The van der Waals surface area contributed by atoms with Crippen LogP contribution in [0, 0.1) is 20.8 Å². The topological polar surface area (TPSA) is 8.17 Å². The molecule has 0 amide bonds. The third-order valence-corrected chi connectivity index (χ3v) is 6.12. The standard InChI is InChI=1S/C24H30N2/c1-16-6-8-20(9-7-16)10-11-26-22-14-19(4)25(5)15-21(22)24-18(3)12-17(2)13-23(24)26/h6-9,12-13,19H,10-11,14-15H2,1-5H3. The number of nitrogens with zero attached hydrogens (tertiary/aromatic N) is 2. The second kappa shape index (κ2) is 6.59. The van der Waals surface area contributed by atoms with Gasteiger partial charge in [-0.3, -0.25) is 4.90 Å². The molecule has 1 aliphatic heterocycles. The Morgan fingerprint density at radius 2 is 1.73 bits per heavy atom. The van der Waals surface area contributed by atoms with Crippen LogP contribution in [0.5, 0.6) is 0 Å². The molecule has 0 N–H and O–H groups in total. The molecular weight excluding hydrogens is 316 g/mol. The SMILES string of the molecule is Cc1ccc(CCn2c3c(c4c(C)cc(C)cc42)CN(C)C(C)C3)cc1. The van der Waals surface area contributed by atoms with Gasteiger partial charge in [-0.1, -0.05) is 35.9 Å². The lowest BCUT2D eigenvalue weighted by Gasteiger charge is -2.31. The summed E-state index contributed by atoms with van der Waals surface area (Å²) in [6.45, 7) is 11.1. The summed E-state index contributed by atoms with van der Waals surface area (Å²) in [5, 5.41) is 1.49. The minimum Gasteiger partial charge on any atom is -0.344 e. The van der Waals surface area contributed by atoms with Crippen molar-refractivity contribution in [3.63, 3.8) is 0 Å². The number of aryl methyl sites for hydroxylation is 5. The Balaban J connectivity index is 1.80. The summed E-state index contributed by atoms with van der Waals surface area (Å²) >= 11 is 0. The molecule has 0 aliphatic carbocycles. The Morgan fingerprint density at radius 1 is 1.00 bits per heavy atom. The molecule has 26 heavy (non-hydrogen) atoms. The van der Waals surface area contributed by atoms with Crippen LogP contribution in [0.15, 0.2) is 36.4 Å². The van der Waals surface area contributed by atoms with Crippen molar-refractivity contribution >= 4 is 10.9 Å². The van der Waals surface area contributed by atoms with Crippen molar-refractivity contribution < 1.29 is 0 Å². The van der Waals surface area contributed by atoms with Crippen LogP contribution >= 0.6 is 0 Å². The van der Waals surface area contributed by atoms with Gasteiger partial charge >= 0.3 is 0 Å². The van der Waals surface area contributed by atoms with Gasteiger partial charge < -0.3 is 4.57 Å². The van der Waals surface area contributed by atoms with Gasteiger partial charge in [0.2, 0.25) is 0 Å². The van der Waals surface area contributed by atoms with E-state index in [1.807, 2.05) is 0 Å². The number of hydrogen-bond donors (Lipinski definition) is 0. The van der Waals surface area contributed by atoms with Gasteiger partial charge in [-0.15, -0.1) is 0 Å². The van der Waals surface area contributed by atoms with Crippen LogP contribution in [0.2, 0.25) is 0 Å². The summed E-state index contributed by atoms with van der Waals surface area (Å²) in [5.41, 5.74) is 10.1. The first-order valence-corrected chi connectivity index (χ1v) is 9.81. The summed E-state index contributed by atoms with van der Waals surface area (Å²) < 4.78 is 2.62. The Hall–Kier alpha value is -2.06. The van der Waals surface area contributed by atoms with Crippen molar-refractivity contribution in [2.24, 2.45) is 0 Å². The highest BCUT2D eigenvalue weighted by atomic mass is 15.1. The molecule has 2 aromatic carbocycles. The Labute approximate surface area is 157 Å². The minimum absolute atomic E-state index is 0.603. The van der Waals surface area contributed by atoms with E-state index in [-0.39, 0.29) is 0 Å². The predicted octanol–water partition coefficient (Wildman–Crippen LogP) is 5.19. The lowest BCUT2D eigenvalue weighted by molar-refractivity contribution is 0.228. The van der Waals surface area contributed by atoms with Crippen molar-refractivity contribution in [3.8, 4) is 0 Å². The van der Waals surface area contributed by atoms with E-state index in [1.54, 1.807) is 11.3 Å². The van der Waals surface area contributed by atoms with Crippen LogP contribution in [-0.4, -0.2) is 22.6 Å². The Bertz CT molecular complexity index is 947. The highest BCUT2D eigenvalue weighted by Crippen LogP contribution is 2.35. The maximum absolute atomic E-state index is 2.62. The number of benzene rings is 2. The maximum Gasteiger partial charge on any atom is 0.0491 e. The quantitative estimate of drug-likeness (QED) is 0.634. The monoisotopic (exact) mass is 346 g/mol. The number of aromatic nitrogens is 1. The van der Waals surface area contributed by atoms with Crippen molar-refractivity contribution in [2.75, 3.05) is 7.05 Å². The minimum atomic E-state index is 0.603. The third-order valence-electron chi connectivity index (χ3n) is 6.12. The van der Waals surface area contributed by atoms with Gasteiger partial charge in [-0.2, -0.15) is 0 Å². The molecule has 4 rings (SSSR count). The van der Waals surface area contributed by atoms with Crippen molar-refractivity contribution in [1.82, 2.24) is 9.47 Å². The highest BCUT2D eigenvalue weighted by Gasteiger charge is 2.27. The zero-order chi connectivity index (χ0) is 18.4.